The lowest BCUT2D eigenvalue weighted by Crippen LogP contribution is -2.07. The summed E-state index contributed by atoms with van der Waals surface area (Å²) in [5.74, 6) is 1.02. The molecule has 1 aromatic rings. The molecular formula is C17H35N2PS. The highest BCUT2D eigenvalue weighted by Gasteiger charge is 1.93. The molecule has 1 unspecified atom stereocenters. The lowest BCUT2D eigenvalue weighted by Gasteiger charge is -2.02. The number of nitrogens with one attached hydrogen (secondary N) is 1. The topological polar surface area (TPSA) is 49.9 Å². The van der Waals surface area contributed by atoms with E-state index < -0.39 is 0 Å². The molecule has 2 nitrogen and oxygen atoms in total. The summed E-state index contributed by atoms with van der Waals surface area (Å²) >= 11 is 1.57. The summed E-state index contributed by atoms with van der Waals surface area (Å²) in [7, 11) is 2.67. The van der Waals surface area contributed by atoms with Gasteiger partial charge in [-0.1, -0.05) is 64.8 Å². The molecular weight excluding hydrogens is 295 g/mol. The average molecular weight is 331 g/mol. The van der Waals surface area contributed by atoms with Gasteiger partial charge in [0.2, 0.25) is 0 Å². The van der Waals surface area contributed by atoms with Crippen LogP contribution in [0.1, 0.15) is 59.1 Å². The van der Waals surface area contributed by atoms with Crippen LogP contribution in [0.3, 0.4) is 0 Å². The van der Waals surface area contributed by atoms with Crippen molar-refractivity contribution in [1.82, 2.24) is 0 Å². The van der Waals surface area contributed by atoms with E-state index in [2.05, 4.69) is 48.2 Å². The van der Waals surface area contributed by atoms with Gasteiger partial charge < -0.3 is 5.73 Å². The molecule has 0 aromatic heterocycles. The normalized spacial score (nSPS) is 8.24. The smallest absolute Gasteiger partial charge is 0.0610 e. The van der Waals surface area contributed by atoms with Gasteiger partial charge in [-0.15, -0.1) is 21.0 Å². The van der Waals surface area contributed by atoms with Crippen molar-refractivity contribution in [3.05, 3.63) is 29.3 Å². The van der Waals surface area contributed by atoms with Gasteiger partial charge in [-0.25, -0.2) is 0 Å². The highest BCUT2D eigenvalue weighted by atomic mass is 32.2. The molecule has 4 heteroatoms. The van der Waals surface area contributed by atoms with E-state index in [1.807, 2.05) is 20.8 Å². The van der Waals surface area contributed by atoms with Crippen LogP contribution >= 0.6 is 21.0 Å². The number of benzene rings is 1. The molecule has 0 fully saturated rings. The monoisotopic (exact) mass is 330 g/mol. The standard InChI is InChI=1S/C8H12NP.C4H9NS.C3H8.C2H6/c1-6-2-3-8(10)7(4-6)5-9;1-3-6-4(2)5;1-3-2;1-2/h2-4H,5,9-10H2,1H3;5H,3H2,1-2H3;3H2,1-2H3;1-2H3. The highest BCUT2D eigenvalue weighted by molar-refractivity contribution is 8.13. The van der Waals surface area contributed by atoms with Crippen molar-refractivity contribution in [2.75, 3.05) is 5.75 Å². The fourth-order valence-electron chi connectivity index (χ4n) is 1.13. The fraction of sp³-hybridized carbons (Fsp3) is 0.588. The highest BCUT2D eigenvalue weighted by Crippen LogP contribution is 2.03. The number of rotatable bonds is 2. The minimum atomic E-state index is 0.626. The first kappa shape index (κ1) is 25.6. The first-order valence-corrected chi connectivity index (χ1v) is 9.22. The van der Waals surface area contributed by atoms with Gasteiger partial charge in [0.15, 0.2) is 0 Å². The Hall–Kier alpha value is -0.370. The molecule has 3 N–H and O–H groups in total. The summed E-state index contributed by atoms with van der Waals surface area (Å²) in [6.07, 6.45) is 1.25. The molecule has 0 amide bonds. The van der Waals surface area contributed by atoms with E-state index in [1.54, 1.807) is 18.7 Å². The van der Waals surface area contributed by atoms with Crippen LogP contribution in [0.2, 0.25) is 0 Å². The third kappa shape index (κ3) is 19.6. The second-order valence-corrected chi connectivity index (χ2v) is 6.20. The molecule has 1 atom stereocenters. The van der Waals surface area contributed by atoms with Crippen molar-refractivity contribution < 1.29 is 0 Å². The second-order valence-electron chi connectivity index (χ2n) is 4.10. The molecule has 0 saturated carbocycles. The summed E-state index contributed by atoms with van der Waals surface area (Å²) in [4.78, 5) is 0. The van der Waals surface area contributed by atoms with Crippen LogP contribution in [0.25, 0.3) is 0 Å². The maximum atomic E-state index is 6.86. The van der Waals surface area contributed by atoms with Gasteiger partial charge in [0.1, 0.15) is 0 Å². The lowest BCUT2D eigenvalue weighted by molar-refractivity contribution is 1.08. The van der Waals surface area contributed by atoms with E-state index in [0.29, 0.717) is 11.6 Å². The van der Waals surface area contributed by atoms with Gasteiger partial charge in [0, 0.05) is 6.54 Å². The summed E-state index contributed by atoms with van der Waals surface area (Å²) in [6, 6.07) is 6.27. The molecule has 0 saturated heterocycles. The zero-order chi connectivity index (χ0) is 17.3. The molecule has 0 radical (unpaired) electrons. The van der Waals surface area contributed by atoms with Crippen LogP contribution in [0.15, 0.2) is 18.2 Å². The first-order chi connectivity index (χ1) is 9.92. The van der Waals surface area contributed by atoms with E-state index in [9.17, 15) is 0 Å². The van der Waals surface area contributed by atoms with E-state index in [0.717, 1.165) is 5.75 Å². The van der Waals surface area contributed by atoms with Gasteiger partial charge in [-0.2, -0.15) is 0 Å². The largest absolute Gasteiger partial charge is 0.326 e. The summed E-state index contributed by atoms with van der Waals surface area (Å²) < 4.78 is 0. The second kappa shape index (κ2) is 19.6. The third-order valence-electron chi connectivity index (χ3n) is 1.88. The van der Waals surface area contributed by atoms with Gasteiger partial charge in [0.25, 0.3) is 0 Å². The number of hydrogen-bond acceptors (Lipinski definition) is 3. The number of thioether (sulfide) groups is 1. The van der Waals surface area contributed by atoms with E-state index in [1.165, 1.54) is 22.9 Å². The van der Waals surface area contributed by atoms with Crippen LogP contribution in [0, 0.1) is 12.3 Å². The number of aryl methyl sites for hydroxylation is 1. The zero-order valence-corrected chi connectivity index (χ0v) is 16.9. The molecule has 0 aliphatic rings. The molecule has 0 spiro atoms. The Labute approximate surface area is 139 Å². The van der Waals surface area contributed by atoms with Crippen LogP contribution in [-0.4, -0.2) is 10.8 Å². The molecule has 1 rings (SSSR count). The van der Waals surface area contributed by atoms with Gasteiger partial charge in [0.05, 0.1) is 5.04 Å². The van der Waals surface area contributed by atoms with E-state index in [-0.39, 0.29) is 0 Å². The summed E-state index contributed by atoms with van der Waals surface area (Å²) in [6.45, 7) is 14.8. The number of nitrogens with two attached hydrogens (primary N) is 1. The first-order valence-electron chi connectivity index (χ1n) is 7.65. The Morgan fingerprint density at radius 3 is 1.95 bits per heavy atom. The summed E-state index contributed by atoms with van der Waals surface area (Å²) in [5, 5.41) is 8.77. The fourth-order valence-corrected chi connectivity index (χ4v) is 1.86. The van der Waals surface area contributed by atoms with Gasteiger partial charge >= 0.3 is 0 Å². The van der Waals surface area contributed by atoms with Crippen molar-refractivity contribution in [3.63, 3.8) is 0 Å². The Kier molecular flexibility index (Phi) is 23.9. The Bertz CT molecular complexity index is 355. The van der Waals surface area contributed by atoms with Gasteiger partial charge in [-0.05, 0) is 30.5 Å². The van der Waals surface area contributed by atoms with E-state index in [4.69, 9.17) is 11.1 Å². The maximum Gasteiger partial charge on any atom is 0.0610 e. The lowest BCUT2D eigenvalue weighted by atomic mass is 10.1. The molecule has 1 aromatic carbocycles. The van der Waals surface area contributed by atoms with Crippen molar-refractivity contribution >= 4 is 31.3 Å². The molecule has 0 heterocycles. The predicted molar refractivity (Wildman–Crippen MR) is 107 cm³/mol. The van der Waals surface area contributed by atoms with Gasteiger partial charge in [-0.3, -0.25) is 5.41 Å². The Morgan fingerprint density at radius 1 is 1.24 bits per heavy atom. The van der Waals surface area contributed by atoms with E-state index >= 15 is 0 Å². The van der Waals surface area contributed by atoms with Crippen molar-refractivity contribution in [2.24, 2.45) is 5.73 Å². The maximum absolute atomic E-state index is 6.86. The third-order valence-corrected chi connectivity index (χ3v) is 3.16. The Morgan fingerprint density at radius 2 is 1.71 bits per heavy atom. The molecule has 124 valence electrons. The van der Waals surface area contributed by atoms with Crippen LogP contribution < -0.4 is 11.0 Å². The van der Waals surface area contributed by atoms with Crippen molar-refractivity contribution in [1.29, 1.82) is 5.41 Å². The SMILES string of the molecule is CC.CCC.CCSC(C)=N.Cc1ccc(P)c(CN)c1. The molecule has 21 heavy (non-hydrogen) atoms. The predicted octanol–water partition coefficient (Wildman–Crippen LogP) is 5.13. The Balaban J connectivity index is -0.000000253. The van der Waals surface area contributed by atoms with Crippen molar-refractivity contribution in [3.8, 4) is 0 Å². The average Bonchev–Trinajstić information content (AvgIpc) is 2.45. The van der Waals surface area contributed by atoms with Crippen LogP contribution in [0.4, 0.5) is 0 Å². The quantitative estimate of drug-likeness (QED) is 0.448. The zero-order valence-electron chi connectivity index (χ0n) is 14.9. The number of hydrogen-bond donors (Lipinski definition) is 2. The molecule has 0 aliphatic carbocycles. The molecule has 0 bridgehead atoms. The minimum Gasteiger partial charge on any atom is -0.326 e. The van der Waals surface area contributed by atoms with Crippen LogP contribution in [-0.2, 0) is 6.54 Å². The van der Waals surface area contributed by atoms with Crippen LogP contribution in [0.5, 0.6) is 0 Å². The van der Waals surface area contributed by atoms with Crippen molar-refractivity contribution in [2.45, 2.75) is 61.4 Å². The minimum absolute atomic E-state index is 0.626. The summed E-state index contributed by atoms with van der Waals surface area (Å²) in [5.41, 5.74) is 7.99. The molecule has 0 aliphatic heterocycles.